The third-order valence-corrected chi connectivity index (χ3v) is 2.21. The molecule has 7 nitrogen and oxygen atoms in total. The van der Waals surface area contributed by atoms with Crippen molar-refractivity contribution in [3.63, 3.8) is 0 Å². The second-order valence-corrected chi connectivity index (χ2v) is 5.13. The Kier molecular flexibility index (Phi) is 4.90. The van der Waals surface area contributed by atoms with Gasteiger partial charge in [-0.2, -0.15) is 0 Å². The number of amidine groups is 1. The van der Waals surface area contributed by atoms with Crippen LogP contribution in [0.1, 0.15) is 32.0 Å². The van der Waals surface area contributed by atoms with Gasteiger partial charge in [0.15, 0.2) is 0 Å². The van der Waals surface area contributed by atoms with Crippen LogP contribution in [0.2, 0.25) is 0 Å². The van der Waals surface area contributed by atoms with Gasteiger partial charge in [-0.05, 0) is 32.9 Å². The molecule has 0 atom stereocenters. The molecule has 0 aliphatic carbocycles. The minimum absolute atomic E-state index is 0.124. The number of carbonyl (C=O) groups is 1. The average molecular weight is 280 g/mol. The number of ether oxygens (including phenoxy) is 2. The molecule has 1 heterocycles. The number of hydrogen-bond donors (Lipinski definition) is 3. The zero-order valence-electron chi connectivity index (χ0n) is 12.1. The van der Waals surface area contributed by atoms with Gasteiger partial charge in [-0.25, -0.2) is 9.78 Å². The fourth-order valence-corrected chi connectivity index (χ4v) is 1.41. The van der Waals surface area contributed by atoms with Crippen LogP contribution in [0.3, 0.4) is 0 Å². The molecule has 0 radical (unpaired) electrons. The van der Waals surface area contributed by atoms with E-state index >= 15 is 0 Å². The molecule has 0 bridgehead atoms. The normalized spacial score (nSPS) is 10.8. The molecule has 1 rings (SSSR count). The van der Waals surface area contributed by atoms with E-state index in [2.05, 4.69) is 10.3 Å². The van der Waals surface area contributed by atoms with E-state index in [9.17, 15) is 4.79 Å². The molecule has 0 saturated heterocycles. The average Bonchev–Trinajstić information content (AvgIpc) is 2.33. The van der Waals surface area contributed by atoms with Crippen molar-refractivity contribution < 1.29 is 14.3 Å². The molecule has 7 heteroatoms. The van der Waals surface area contributed by atoms with Crippen LogP contribution < -0.4 is 15.8 Å². The maximum absolute atomic E-state index is 11.5. The van der Waals surface area contributed by atoms with Crippen LogP contribution in [0.15, 0.2) is 12.1 Å². The first-order chi connectivity index (χ1) is 9.23. The van der Waals surface area contributed by atoms with Gasteiger partial charge in [0.05, 0.1) is 24.9 Å². The summed E-state index contributed by atoms with van der Waals surface area (Å²) in [5.74, 6) is 0.127. The zero-order valence-corrected chi connectivity index (χ0v) is 12.1. The van der Waals surface area contributed by atoms with E-state index in [4.69, 9.17) is 20.6 Å². The van der Waals surface area contributed by atoms with E-state index in [0.29, 0.717) is 11.3 Å². The van der Waals surface area contributed by atoms with Crippen molar-refractivity contribution in [2.24, 2.45) is 5.73 Å². The topological polar surface area (TPSA) is 110 Å². The summed E-state index contributed by atoms with van der Waals surface area (Å²) in [6.45, 7) is 5.56. The Morgan fingerprint density at radius 1 is 1.45 bits per heavy atom. The second kappa shape index (κ2) is 6.23. The summed E-state index contributed by atoms with van der Waals surface area (Å²) in [4.78, 5) is 15.7. The maximum Gasteiger partial charge on any atom is 0.407 e. The van der Waals surface area contributed by atoms with Gasteiger partial charge in [0, 0.05) is 0 Å². The van der Waals surface area contributed by atoms with E-state index in [-0.39, 0.29) is 18.3 Å². The highest BCUT2D eigenvalue weighted by Gasteiger charge is 2.16. The first-order valence-electron chi connectivity index (χ1n) is 6.08. The fraction of sp³-hybridized carbons (Fsp3) is 0.462. The molecule has 0 aromatic carbocycles. The van der Waals surface area contributed by atoms with Crippen LogP contribution in [0.4, 0.5) is 4.79 Å². The molecule has 4 N–H and O–H groups in total. The number of amides is 1. The highest BCUT2D eigenvalue weighted by molar-refractivity contribution is 5.97. The van der Waals surface area contributed by atoms with Crippen LogP contribution in [0, 0.1) is 5.41 Å². The molecule has 0 aliphatic rings. The van der Waals surface area contributed by atoms with Crippen LogP contribution in [0.25, 0.3) is 0 Å². The Bertz CT molecular complexity index is 509. The number of nitrogens with zero attached hydrogens (tertiary/aromatic N) is 1. The maximum atomic E-state index is 11.5. The third kappa shape index (κ3) is 4.75. The molecule has 20 heavy (non-hydrogen) atoms. The lowest BCUT2D eigenvalue weighted by Gasteiger charge is -2.19. The second-order valence-electron chi connectivity index (χ2n) is 5.13. The summed E-state index contributed by atoms with van der Waals surface area (Å²) in [7, 11) is 1.44. The lowest BCUT2D eigenvalue weighted by molar-refractivity contribution is 0.0523. The molecule has 0 unspecified atom stereocenters. The Morgan fingerprint density at radius 3 is 2.60 bits per heavy atom. The molecule has 0 fully saturated rings. The highest BCUT2D eigenvalue weighted by atomic mass is 16.6. The van der Waals surface area contributed by atoms with Crippen LogP contribution >= 0.6 is 0 Å². The van der Waals surface area contributed by atoms with Crippen molar-refractivity contribution in [3.05, 3.63) is 23.4 Å². The molecule has 110 valence electrons. The smallest absolute Gasteiger partial charge is 0.407 e. The number of hydrogen-bond acceptors (Lipinski definition) is 5. The van der Waals surface area contributed by atoms with Crippen molar-refractivity contribution in [2.45, 2.75) is 32.9 Å². The van der Waals surface area contributed by atoms with Gasteiger partial charge in [0.1, 0.15) is 11.4 Å². The molecule has 0 aliphatic heterocycles. The van der Waals surface area contributed by atoms with Gasteiger partial charge in [-0.15, -0.1) is 0 Å². The van der Waals surface area contributed by atoms with Gasteiger partial charge in [0.2, 0.25) is 5.88 Å². The summed E-state index contributed by atoms with van der Waals surface area (Å²) in [5, 5.41) is 9.98. The third-order valence-electron chi connectivity index (χ3n) is 2.21. The Labute approximate surface area is 118 Å². The van der Waals surface area contributed by atoms with Crippen molar-refractivity contribution >= 4 is 11.9 Å². The van der Waals surface area contributed by atoms with Crippen LogP contribution in [0.5, 0.6) is 5.88 Å². The number of aromatic nitrogens is 1. The van der Waals surface area contributed by atoms with E-state index < -0.39 is 11.7 Å². The van der Waals surface area contributed by atoms with Crippen molar-refractivity contribution in [3.8, 4) is 5.88 Å². The summed E-state index contributed by atoms with van der Waals surface area (Å²) < 4.78 is 10.2. The Morgan fingerprint density at radius 2 is 2.10 bits per heavy atom. The predicted octanol–water partition coefficient (Wildman–Crippen LogP) is 1.40. The van der Waals surface area contributed by atoms with E-state index in [1.165, 1.54) is 7.11 Å². The number of pyridine rings is 1. The van der Waals surface area contributed by atoms with Crippen molar-refractivity contribution in [2.75, 3.05) is 7.11 Å². The number of rotatable bonds is 4. The minimum atomic E-state index is -0.548. The number of nitrogens with one attached hydrogen (secondary N) is 2. The van der Waals surface area contributed by atoms with Gasteiger partial charge < -0.3 is 20.5 Å². The van der Waals surface area contributed by atoms with Crippen LogP contribution in [-0.2, 0) is 11.3 Å². The van der Waals surface area contributed by atoms with Crippen LogP contribution in [-0.4, -0.2) is 29.6 Å². The number of carbonyl (C=O) groups excluding carboxylic acids is 1. The Hall–Kier alpha value is -2.31. The van der Waals surface area contributed by atoms with Gasteiger partial charge >= 0.3 is 6.09 Å². The molecule has 0 spiro atoms. The SMILES string of the molecule is COc1nc(CNC(=O)OC(C)(C)C)ccc1C(=N)N. The number of methoxy groups -OCH3 is 1. The van der Waals surface area contributed by atoms with Gasteiger partial charge in [-0.1, -0.05) is 0 Å². The lowest BCUT2D eigenvalue weighted by Crippen LogP contribution is -2.32. The first kappa shape index (κ1) is 15.7. The largest absolute Gasteiger partial charge is 0.480 e. The molecule has 1 aromatic heterocycles. The summed E-state index contributed by atoms with van der Waals surface area (Å²) in [6, 6.07) is 3.29. The highest BCUT2D eigenvalue weighted by Crippen LogP contribution is 2.15. The first-order valence-corrected chi connectivity index (χ1v) is 6.08. The molecule has 1 aromatic rings. The number of nitrogens with two attached hydrogens (primary N) is 1. The fourth-order valence-electron chi connectivity index (χ4n) is 1.41. The van der Waals surface area contributed by atoms with Crippen molar-refractivity contribution in [1.29, 1.82) is 5.41 Å². The van der Waals surface area contributed by atoms with Gasteiger partial charge in [-0.3, -0.25) is 5.41 Å². The standard InChI is InChI=1S/C13H20N4O3/c1-13(2,3)20-12(18)16-7-8-5-6-9(10(14)15)11(17-8)19-4/h5-6H,7H2,1-4H3,(H3,14,15)(H,16,18). The number of alkyl carbamates (subject to hydrolysis) is 1. The molecule has 1 amide bonds. The summed E-state index contributed by atoms with van der Waals surface area (Å²) >= 11 is 0. The van der Waals surface area contributed by atoms with E-state index in [0.717, 1.165) is 0 Å². The summed E-state index contributed by atoms with van der Waals surface area (Å²) in [5.41, 5.74) is 5.85. The number of nitrogen functional groups attached to an aromatic ring is 1. The van der Waals surface area contributed by atoms with E-state index in [1.807, 2.05) is 0 Å². The monoisotopic (exact) mass is 280 g/mol. The molecular weight excluding hydrogens is 260 g/mol. The van der Waals surface area contributed by atoms with Crippen molar-refractivity contribution in [1.82, 2.24) is 10.3 Å². The Balaban J connectivity index is 2.70. The zero-order chi connectivity index (χ0) is 15.3. The lowest BCUT2D eigenvalue weighted by atomic mass is 10.2. The minimum Gasteiger partial charge on any atom is -0.480 e. The molecule has 0 saturated carbocycles. The van der Waals surface area contributed by atoms with Gasteiger partial charge in [0.25, 0.3) is 0 Å². The van der Waals surface area contributed by atoms with E-state index in [1.54, 1.807) is 32.9 Å². The predicted molar refractivity (Wildman–Crippen MR) is 74.9 cm³/mol. The molecular formula is C13H20N4O3. The quantitative estimate of drug-likeness (QED) is 0.570. The summed E-state index contributed by atoms with van der Waals surface area (Å²) in [6.07, 6.45) is -0.520.